The van der Waals surface area contributed by atoms with Crippen LogP contribution in [0.2, 0.25) is 0 Å². The molecule has 5 heteroatoms. The normalized spacial score (nSPS) is 18.4. The Labute approximate surface area is 145 Å². The van der Waals surface area contributed by atoms with Crippen LogP contribution in [0, 0.1) is 13.8 Å². The standard InChI is InChI=1S/C19H31N3O2/c1-14-10-16(11-15(2)19(14)24-3)13-22-9-5-4-6-17(22)12-21-18(23)7-8-20/h10-11,17H,4-9,12-13,20H2,1-3H3,(H,21,23). The molecule has 134 valence electrons. The van der Waals surface area contributed by atoms with Gasteiger partial charge in [0.15, 0.2) is 0 Å². The van der Waals surface area contributed by atoms with E-state index in [1.165, 1.54) is 29.5 Å². The van der Waals surface area contributed by atoms with Crippen molar-refractivity contribution < 1.29 is 9.53 Å². The summed E-state index contributed by atoms with van der Waals surface area (Å²) >= 11 is 0. The minimum absolute atomic E-state index is 0.0548. The molecule has 1 unspecified atom stereocenters. The number of hydrogen-bond acceptors (Lipinski definition) is 4. The van der Waals surface area contributed by atoms with Crippen LogP contribution in [0.25, 0.3) is 0 Å². The fourth-order valence-electron chi connectivity index (χ4n) is 3.64. The van der Waals surface area contributed by atoms with Crippen molar-refractivity contribution in [1.29, 1.82) is 0 Å². The highest BCUT2D eigenvalue weighted by atomic mass is 16.5. The molecule has 1 heterocycles. The van der Waals surface area contributed by atoms with Crippen LogP contribution in [0.15, 0.2) is 12.1 Å². The molecule has 0 saturated carbocycles. The van der Waals surface area contributed by atoms with Gasteiger partial charge in [0, 0.05) is 32.1 Å². The molecular weight excluding hydrogens is 302 g/mol. The number of nitrogens with one attached hydrogen (secondary N) is 1. The van der Waals surface area contributed by atoms with Crippen LogP contribution >= 0.6 is 0 Å². The summed E-state index contributed by atoms with van der Waals surface area (Å²) in [6.45, 7) is 7.31. The van der Waals surface area contributed by atoms with Crippen molar-refractivity contribution in [1.82, 2.24) is 10.2 Å². The molecule has 3 N–H and O–H groups in total. The molecule has 0 aliphatic carbocycles. The maximum absolute atomic E-state index is 11.7. The Morgan fingerprint density at radius 1 is 1.33 bits per heavy atom. The maximum atomic E-state index is 11.7. The Hall–Kier alpha value is -1.59. The minimum Gasteiger partial charge on any atom is -0.496 e. The maximum Gasteiger partial charge on any atom is 0.221 e. The van der Waals surface area contributed by atoms with Gasteiger partial charge in [0.2, 0.25) is 5.91 Å². The molecule has 0 spiro atoms. The van der Waals surface area contributed by atoms with Gasteiger partial charge >= 0.3 is 0 Å². The van der Waals surface area contributed by atoms with E-state index in [1.807, 2.05) is 0 Å². The van der Waals surface area contributed by atoms with Crippen LogP contribution in [0.4, 0.5) is 0 Å². The number of likely N-dealkylation sites (tertiary alicyclic amines) is 1. The molecule has 1 aromatic rings. The van der Waals surface area contributed by atoms with E-state index in [0.29, 0.717) is 25.6 Å². The van der Waals surface area contributed by atoms with Crippen molar-refractivity contribution in [2.45, 2.75) is 52.1 Å². The third-order valence-electron chi connectivity index (χ3n) is 4.77. The van der Waals surface area contributed by atoms with Crippen molar-refractivity contribution in [3.05, 3.63) is 28.8 Å². The van der Waals surface area contributed by atoms with Crippen LogP contribution in [0.5, 0.6) is 5.75 Å². The lowest BCUT2D eigenvalue weighted by Crippen LogP contribution is -2.46. The first-order valence-electron chi connectivity index (χ1n) is 8.90. The van der Waals surface area contributed by atoms with E-state index >= 15 is 0 Å². The van der Waals surface area contributed by atoms with Crippen molar-refractivity contribution in [2.75, 3.05) is 26.7 Å². The molecule has 0 radical (unpaired) electrons. The van der Waals surface area contributed by atoms with Gasteiger partial charge in [-0.3, -0.25) is 9.69 Å². The quantitative estimate of drug-likeness (QED) is 0.802. The molecule has 1 amide bonds. The third kappa shape index (κ3) is 4.95. The SMILES string of the molecule is COc1c(C)cc(CN2CCCCC2CNC(=O)CCN)cc1C. The fourth-order valence-corrected chi connectivity index (χ4v) is 3.64. The van der Waals surface area contributed by atoms with E-state index in [2.05, 4.69) is 36.2 Å². The van der Waals surface area contributed by atoms with Gasteiger partial charge in [-0.1, -0.05) is 18.6 Å². The number of nitrogens with two attached hydrogens (primary N) is 1. The second-order valence-electron chi connectivity index (χ2n) is 6.73. The lowest BCUT2D eigenvalue weighted by Gasteiger charge is -2.36. The second-order valence-corrected chi connectivity index (χ2v) is 6.73. The molecule has 1 aromatic carbocycles. The topological polar surface area (TPSA) is 67.6 Å². The monoisotopic (exact) mass is 333 g/mol. The van der Waals surface area contributed by atoms with Crippen molar-refractivity contribution in [3.8, 4) is 5.75 Å². The summed E-state index contributed by atoms with van der Waals surface area (Å²) in [4.78, 5) is 14.2. The summed E-state index contributed by atoms with van der Waals surface area (Å²) in [6, 6.07) is 4.83. The molecule has 1 atom stereocenters. The molecule has 0 aromatic heterocycles. The predicted molar refractivity (Wildman–Crippen MR) is 97.2 cm³/mol. The highest BCUT2D eigenvalue weighted by Gasteiger charge is 2.23. The molecule has 5 nitrogen and oxygen atoms in total. The number of piperidine rings is 1. The zero-order chi connectivity index (χ0) is 17.5. The molecule has 1 aliphatic rings. The Bertz CT molecular complexity index is 537. The van der Waals surface area contributed by atoms with Gasteiger partial charge in [-0.25, -0.2) is 0 Å². The molecular formula is C19H31N3O2. The molecule has 0 bridgehead atoms. The molecule has 24 heavy (non-hydrogen) atoms. The molecule has 1 aliphatic heterocycles. The van der Waals surface area contributed by atoms with Crippen molar-refractivity contribution >= 4 is 5.91 Å². The smallest absolute Gasteiger partial charge is 0.221 e. The van der Waals surface area contributed by atoms with E-state index in [-0.39, 0.29) is 5.91 Å². The van der Waals surface area contributed by atoms with Gasteiger partial charge in [0.25, 0.3) is 0 Å². The van der Waals surface area contributed by atoms with E-state index in [4.69, 9.17) is 10.5 Å². The van der Waals surface area contributed by atoms with Crippen molar-refractivity contribution in [2.24, 2.45) is 5.73 Å². The zero-order valence-electron chi connectivity index (χ0n) is 15.2. The Balaban J connectivity index is 2.01. The summed E-state index contributed by atoms with van der Waals surface area (Å²) in [5, 5.41) is 3.03. The van der Waals surface area contributed by atoms with Gasteiger partial charge < -0.3 is 15.8 Å². The number of carbonyl (C=O) groups is 1. The number of carbonyl (C=O) groups excluding carboxylic acids is 1. The Morgan fingerprint density at radius 2 is 2.04 bits per heavy atom. The van der Waals surface area contributed by atoms with Gasteiger partial charge in [-0.15, -0.1) is 0 Å². The summed E-state index contributed by atoms with van der Waals surface area (Å²) in [5.74, 6) is 1.03. The first kappa shape index (κ1) is 18.7. The van der Waals surface area contributed by atoms with Gasteiger partial charge in [-0.05, 0) is 49.9 Å². The largest absolute Gasteiger partial charge is 0.496 e. The van der Waals surface area contributed by atoms with E-state index in [9.17, 15) is 4.79 Å². The Morgan fingerprint density at radius 3 is 2.67 bits per heavy atom. The number of nitrogens with zero attached hydrogens (tertiary/aromatic N) is 1. The lowest BCUT2D eigenvalue weighted by atomic mass is 9.99. The first-order valence-corrected chi connectivity index (χ1v) is 8.90. The van der Waals surface area contributed by atoms with E-state index < -0.39 is 0 Å². The van der Waals surface area contributed by atoms with Gasteiger partial charge in [0.05, 0.1) is 7.11 Å². The number of rotatable bonds is 7. The van der Waals surface area contributed by atoms with Crippen LogP contribution in [0.3, 0.4) is 0 Å². The van der Waals surface area contributed by atoms with Crippen LogP contribution in [0.1, 0.15) is 42.4 Å². The number of ether oxygens (including phenoxy) is 1. The molecule has 1 fully saturated rings. The third-order valence-corrected chi connectivity index (χ3v) is 4.77. The number of benzene rings is 1. The first-order chi connectivity index (χ1) is 11.5. The lowest BCUT2D eigenvalue weighted by molar-refractivity contribution is -0.121. The van der Waals surface area contributed by atoms with E-state index in [0.717, 1.165) is 25.3 Å². The fraction of sp³-hybridized carbons (Fsp3) is 0.632. The van der Waals surface area contributed by atoms with Gasteiger partial charge in [-0.2, -0.15) is 0 Å². The summed E-state index contributed by atoms with van der Waals surface area (Å²) in [7, 11) is 1.72. The number of aryl methyl sites for hydroxylation is 2. The summed E-state index contributed by atoms with van der Waals surface area (Å²) < 4.78 is 5.46. The summed E-state index contributed by atoms with van der Waals surface area (Å²) in [5.41, 5.74) is 9.11. The number of hydrogen-bond donors (Lipinski definition) is 2. The highest BCUT2D eigenvalue weighted by molar-refractivity contribution is 5.76. The van der Waals surface area contributed by atoms with Crippen molar-refractivity contribution in [3.63, 3.8) is 0 Å². The summed E-state index contributed by atoms with van der Waals surface area (Å²) in [6.07, 6.45) is 4.00. The van der Waals surface area contributed by atoms with Crippen LogP contribution in [-0.2, 0) is 11.3 Å². The molecule has 2 rings (SSSR count). The molecule has 1 saturated heterocycles. The van der Waals surface area contributed by atoms with Gasteiger partial charge in [0.1, 0.15) is 5.75 Å². The van der Waals surface area contributed by atoms with E-state index in [1.54, 1.807) is 7.11 Å². The number of amides is 1. The zero-order valence-corrected chi connectivity index (χ0v) is 15.2. The highest BCUT2D eigenvalue weighted by Crippen LogP contribution is 2.26. The number of methoxy groups -OCH3 is 1. The second kappa shape index (κ2) is 9.04. The minimum atomic E-state index is 0.0548. The average molecular weight is 333 g/mol. The van der Waals surface area contributed by atoms with Crippen LogP contribution < -0.4 is 15.8 Å². The predicted octanol–water partition coefficient (Wildman–Crippen LogP) is 2.13. The van der Waals surface area contributed by atoms with Crippen LogP contribution in [-0.4, -0.2) is 43.6 Å². The average Bonchev–Trinajstić information content (AvgIpc) is 2.54. The Kier molecular flexibility index (Phi) is 7.06.